The molecule has 0 aromatic rings. The molecule has 0 radical (unpaired) electrons. The van der Waals surface area contributed by atoms with Gasteiger partial charge in [0.2, 0.25) is 6.29 Å². The Morgan fingerprint density at radius 3 is 2.16 bits per heavy atom. The lowest BCUT2D eigenvalue weighted by Gasteiger charge is -2.71. The average Bonchev–Trinajstić information content (AvgIpc) is 3.60. The molecular weight excluding hydrogens is 921 g/mol. The van der Waals surface area contributed by atoms with Crippen molar-refractivity contribution in [3.05, 3.63) is 23.8 Å². The number of aliphatic hydroxyl groups is 11. The summed E-state index contributed by atoms with van der Waals surface area (Å²) in [6.45, 7) is 13.8. The average molecular weight is 999 g/mol. The molecule has 398 valence electrons. The maximum absolute atomic E-state index is 14.9. The molecule has 4 saturated carbocycles. The lowest BCUT2D eigenvalue weighted by molar-refractivity contribution is -0.325. The van der Waals surface area contributed by atoms with Gasteiger partial charge in [-0.05, 0) is 97.7 Å². The molecule has 20 heteroatoms. The van der Waals surface area contributed by atoms with Crippen molar-refractivity contribution in [1.82, 2.24) is 0 Å². The van der Waals surface area contributed by atoms with E-state index in [1.165, 1.54) is 5.57 Å². The molecule has 0 aromatic carbocycles. The molecule has 0 unspecified atom stereocenters. The molecule has 20 nitrogen and oxygen atoms in total. The van der Waals surface area contributed by atoms with Crippen LogP contribution in [0.25, 0.3) is 0 Å². The van der Waals surface area contributed by atoms with Crippen LogP contribution in [0.3, 0.4) is 0 Å². The van der Waals surface area contributed by atoms with Gasteiger partial charge in [-0.15, -0.1) is 0 Å². The first-order valence-corrected chi connectivity index (χ1v) is 25.3. The molecule has 0 aromatic heterocycles. The largest absolute Gasteiger partial charge is 0.432 e. The van der Waals surface area contributed by atoms with Crippen molar-refractivity contribution in [2.45, 2.75) is 203 Å². The first-order chi connectivity index (χ1) is 32.9. The van der Waals surface area contributed by atoms with Gasteiger partial charge in [0.05, 0.1) is 44.6 Å². The van der Waals surface area contributed by atoms with Crippen LogP contribution in [0.15, 0.2) is 23.8 Å². The highest BCUT2D eigenvalue weighted by Gasteiger charge is 2.70. The second kappa shape index (κ2) is 19.1. The number of fused-ring (bicyclic) bond motifs is 7. The van der Waals surface area contributed by atoms with Crippen molar-refractivity contribution in [3.63, 3.8) is 0 Å². The Kier molecular flexibility index (Phi) is 14.5. The van der Waals surface area contributed by atoms with Gasteiger partial charge in [0.15, 0.2) is 18.9 Å². The zero-order chi connectivity index (χ0) is 50.7. The van der Waals surface area contributed by atoms with Crippen molar-refractivity contribution < 1.29 is 98.9 Å². The molecule has 0 amide bonds. The summed E-state index contributed by atoms with van der Waals surface area (Å²) in [4.78, 5) is 14.9. The van der Waals surface area contributed by atoms with Crippen molar-refractivity contribution in [2.24, 2.45) is 44.8 Å². The Balaban J connectivity index is 0.873. The van der Waals surface area contributed by atoms with Gasteiger partial charge in [-0.3, -0.25) is 4.79 Å². The first kappa shape index (κ1) is 53.1. The summed E-state index contributed by atoms with van der Waals surface area (Å²) in [6.07, 6.45) is -13.3. The van der Waals surface area contributed by atoms with E-state index in [1.807, 2.05) is 0 Å². The van der Waals surface area contributed by atoms with E-state index < -0.39 is 129 Å². The maximum Gasteiger partial charge on any atom is 0.315 e. The summed E-state index contributed by atoms with van der Waals surface area (Å²) in [5.74, 6) is -0.247. The third-order valence-electron chi connectivity index (χ3n) is 19.8. The van der Waals surface area contributed by atoms with E-state index >= 15 is 0 Å². The molecule has 4 aliphatic heterocycles. The van der Waals surface area contributed by atoms with E-state index in [9.17, 15) is 61.0 Å². The van der Waals surface area contributed by atoms with Crippen LogP contribution in [0.5, 0.6) is 0 Å². The van der Waals surface area contributed by atoms with E-state index in [0.29, 0.717) is 38.0 Å². The summed E-state index contributed by atoms with van der Waals surface area (Å²) in [5, 5.41) is 116. The maximum atomic E-state index is 14.9. The van der Waals surface area contributed by atoms with Gasteiger partial charge in [0.25, 0.3) is 0 Å². The van der Waals surface area contributed by atoms with Crippen molar-refractivity contribution in [3.8, 4) is 0 Å². The molecule has 9 aliphatic rings. The smallest absolute Gasteiger partial charge is 0.315 e. The zero-order valence-electron chi connectivity index (χ0n) is 41.0. The van der Waals surface area contributed by atoms with Crippen LogP contribution in [0.1, 0.15) is 98.8 Å². The molecule has 4 saturated heterocycles. The topological polar surface area (TPSA) is 313 Å². The molecule has 8 fully saturated rings. The van der Waals surface area contributed by atoms with Gasteiger partial charge in [0, 0.05) is 5.92 Å². The van der Waals surface area contributed by atoms with Crippen molar-refractivity contribution in [2.75, 3.05) is 33.0 Å². The molecule has 5 aliphatic carbocycles. The number of rotatable bonds is 10. The number of allylic oxidation sites excluding steroid dienone is 3. The fourth-order valence-electron chi connectivity index (χ4n) is 15.1. The van der Waals surface area contributed by atoms with Gasteiger partial charge in [-0.25, -0.2) is 0 Å². The lowest BCUT2D eigenvalue weighted by atomic mass is 9.34. The van der Waals surface area contributed by atoms with E-state index in [2.05, 4.69) is 47.3 Å². The highest BCUT2D eigenvalue weighted by atomic mass is 16.8. The summed E-state index contributed by atoms with van der Waals surface area (Å²) in [6, 6.07) is 0. The van der Waals surface area contributed by atoms with Gasteiger partial charge < -0.3 is 94.1 Å². The second-order valence-electron chi connectivity index (χ2n) is 23.7. The van der Waals surface area contributed by atoms with Gasteiger partial charge in [-0.1, -0.05) is 58.4 Å². The van der Waals surface area contributed by atoms with Crippen LogP contribution in [-0.4, -0.2) is 199 Å². The Hall–Kier alpha value is -1.77. The predicted octanol–water partition coefficient (Wildman–Crippen LogP) is -0.586. The van der Waals surface area contributed by atoms with E-state index in [1.54, 1.807) is 0 Å². The fraction of sp³-hybridized carbons (Fsp3) is 0.900. The summed E-state index contributed by atoms with van der Waals surface area (Å²) < 4.78 is 46.4. The van der Waals surface area contributed by atoms with Crippen LogP contribution < -0.4 is 0 Å². The first-order valence-electron chi connectivity index (χ1n) is 25.3. The van der Waals surface area contributed by atoms with Gasteiger partial charge in [0.1, 0.15) is 72.7 Å². The number of carbonyl (C=O) groups excluding carboxylic acids is 1. The van der Waals surface area contributed by atoms with Gasteiger partial charge in [-0.2, -0.15) is 0 Å². The van der Waals surface area contributed by atoms with Crippen LogP contribution in [-0.2, 0) is 42.7 Å². The van der Waals surface area contributed by atoms with E-state index in [4.69, 9.17) is 37.9 Å². The normalized spacial score (nSPS) is 53.5. The molecule has 4 heterocycles. The number of hydrogen-bond donors (Lipinski definition) is 11. The summed E-state index contributed by atoms with van der Waals surface area (Å²) in [7, 11) is 0. The van der Waals surface area contributed by atoms with Crippen LogP contribution in [0.4, 0.5) is 0 Å². The van der Waals surface area contributed by atoms with Crippen molar-refractivity contribution in [1.29, 1.82) is 0 Å². The highest BCUT2D eigenvalue weighted by molar-refractivity contribution is 5.79. The Labute approximate surface area is 408 Å². The van der Waals surface area contributed by atoms with Crippen LogP contribution >= 0.6 is 0 Å². The SMILES string of the molecule is C=C1CC[C@]2(C(=O)O[C@@H]3O[C@H](CO[C@H]4OC[C@H](O[C@@H]5OC[C@](O)(CO)[C@H]5O)[C@H](O)[C@H]4O)[C@@H](O)[C@H](O)[C@H]3O)CC[C@]3(C)C(=CC[C@@H]4[C@@]5(C)CC[C@H](O[C@@H]6OC[C@H](O)[C@H](O)[C@H]6O)C(C)(C)[C@@H]5CC[C@]43C)[C@@H]2C1. The Morgan fingerprint density at radius 1 is 0.743 bits per heavy atom. The number of esters is 1. The summed E-state index contributed by atoms with van der Waals surface area (Å²) in [5.41, 5.74) is -1.51. The Bertz CT molecular complexity index is 1970. The van der Waals surface area contributed by atoms with E-state index in [-0.39, 0.29) is 52.8 Å². The summed E-state index contributed by atoms with van der Waals surface area (Å²) >= 11 is 0. The lowest BCUT2D eigenvalue weighted by Crippen LogP contribution is -2.65. The number of ether oxygens (including phenoxy) is 8. The minimum atomic E-state index is -1.98. The van der Waals surface area contributed by atoms with Gasteiger partial charge >= 0.3 is 5.97 Å². The number of carbonyl (C=O) groups is 1. The molecule has 0 bridgehead atoms. The monoisotopic (exact) mass is 999 g/mol. The minimum absolute atomic E-state index is 0.0731. The quantitative estimate of drug-likeness (QED) is 0.0741. The molecular formula is C50H78O20. The molecule has 9 rings (SSSR count). The Morgan fingerprint density at radius 2 is 1.44 bits per heavy atom. The van der Waals surface area contributed by atoms with Crippen LogP contribution in [0, 0.1) is 44.8 Å². The molecule has 11 N–H and O–H groups in total. The predicted molar refractivity (Wildman–Crippen MR) is 240 cm³/mol. The molecule has 24 atom stereocenters. The fourth-order valence-corrected chi connectivity index (χ4v) is 15.1. The third-order valence-corrected chi connectivity index (χ3v) is 19.8. The molecule has 0 spiro atoms. The van der Waals surface area contributed by atoms with Crippen molar-refractivity contribution >= 4 is 5.97 Å². The highest BCUT2D eigenvalue weighted by Crippen LogP contribution is 2.75. The molecule has 70 heavy (non-hydrogen) atoms. The minimum Gasteiger partial charge on any atom is -0.432 e. The standard InChI is InChI=1S/C50H78O20/c1-23-9-14-49(44(61)70-42-38(59)35(56)33(54)27(67-42)19-64-40-37(58)34(55)28(20-65-40)68-43-39(60)50(62,21-51)22-66-43)16-15-47(5)24(25(49)17-23)7-8-30-46(4)12-11-31(45(2,3)29(46)10-13-48(30,47)6)69-41-36(57)32(53)26(52)18-63-41/h7,25-43,51-60,62H,1,8-22H2,2-6H3/t25-,26-,27+,28-,29-,30+,31-,32-,33+,34-,35-,36+,37+,38+,39-,40-,41-,42-,43-,46-,47+,48+,49-,50+/m0/s1. The second-order valence-corrected chi connectivity index (χ2v) is 23.7. The van der Waals surface area contributed by atoms with Crippen LogP contribution in [0.2, 0.25) is 0 Å². The zero-order valence-corrected chi connectivity index (χ0v) is 41.0. The number of hydrogen-bond acceptors (Lipinski definition) is 20. The number of aliphatic hydroxyl groups excluding tert-OH is 10. The van der Waals surface area contributed by atoms with E-state index in [0.717, 1.165) is 37.7 Å². The third kappa shape index (κ3) is 8.39.